The average Bonchev–Trinajstić information content (AvgIpc) is 3.41. The Kier molecular flexibility index (Phi) is 5.61. The van der Waals surface area contributed by atoms with Crippen LogP contribution in [0.5, 0.6) is 0 Å². The van der Waals surface area contributed by atoms with Crippen molar-refractivity contribution >= 4 is 70.4 Å². The fraction of sp³-hybridized carbons (Fsp3) is 0.0476. The molecule has 170 valence electrons. The predicted molar refractivity (Wildman–Crippen MR) is 134 cm³/mol. The normalized spacial score (nSPS) is 11.1. The largest absolute Gasteiger partial charge is 0.348 e. The molecule has 2 heterocycles. The van der Waals surface area contributed by atoms with E-state index in [4.69, 9.17) is 0 Å². The van der Waals surface area contributed by atoms with Crippen LogP contribution in [0.3, 0.4) is 0 Å². The predicted octanol–water partition coefficient (Wildman–Crippen LogP) is 5.64. The van der Waals surface area contributed by atoms with Crippen LogP contribution in [0.25, 0.3) is 20.4 Å². The number of nitro groups is 2. The number of non-ortho nitro benzene ring substituents is 2. The summed E-state index contributed by atoms with van der Waals surface area (Å²) in [6, 6.07) is 18.6. The SMILES string of the molecule is O=[N+]([O-])c1ccc2sc(NC(Nc3ccccc3)Nc3nc4cc([N+](=O)[O-])ccc4s3)nc2c1. The number of fused-ring (bicyclic) bond motifs is 2. The summed E-state index contributed by atoms with van der Waals surface area (Å²) in [4.78, 5) is 30.2. The molecule has 0 spiro atoms. The van der Waals surface area contributed by atoms with Gasteiger partial charge in [-0.15, -0.1) is 0 Å². The quantitative estimate of drug-likeness (QED) is 0.142. The fourth-order valence-electron chi connectivity index (χ4n) is 3.24. The van der Waals surface area contributed by atoms with Crippen LogP contribution >= 0.6 is 22.7 Å². The Morgan fingerprint density at radius 3 is 1.68 bits per heavy atom. The van der Waals surface area contributed by atoms with E-state index in [1.807, 2.05) is 30.3 Å². The van der Waals surface area contributed by atoms with Gasteiger partial charge in [0.05, 0.1) is 30.3 Å². The van der Waals surface area contributed by atoms with Crippen LogP contribution in [0.15, 0.2) is 66.7 Å². The minimum absolute atomic E-state index is 0.0231. The van der Waals surface area contributed by atoms with E-state index in [1.165, 1.54) is 46.9 Å². The van der Waals surface area contributed by atoms with Gasteiger partial charge in [0.1, 0.15) is 0 Å². The van der Waals surface area contributed by atoms with Gasteiger partial charge in [-0.25, -0.2) is 9.97 Å². The highest BCUT2D eigenvalue weighted by atomic mass is 32.1. The number of hydrogen-bond donors (Lipinski definition) is 3. The summed E-state index contributed by atoms with van der Waals surface area (Å²) in [6.45, 7) is 0. The van der Waals surface area contributed by atoms with Crippen LogP contribution in [0, 0.1) is 20.2 Å². The van der Waals surface area contributed by atoms with Crippen LogP contribution in [0.2, 0.25) is 0 Å². The summed E-state index contributed by atoms with van der Waals surface area (Å²) in [7, 11) is 0. The van der Waals surface area contributed by atoms with Crippen molar-refractivity contribution in [3.05, 3.63) is 87.0 Å². The number of thiazole rings is 2. The average molecular weight is 494 g/mol. The smallest absolute Gasteiger partial charge is 0.271 e. The number of aromatic nitrogens is 2. The molecule has 5 rings (SSSR count). The lowest BCUT2D eigenvalue weighted by molar-refractivity contribution is -0.384. The van der Waals surface area contributed by atoms with Crippen molar-refractivity contribution in [2.24, 2.45) is 0 Å². The number of para-hydroxylation sites is 1. The van der Waals surface area contributed by atoms with Crippen molar-refractivity contribution in [1.29, 1.82) is 0 Å². The molecule has 0 bridgehead atoms. The molecular weight excluding hydrogens is 478 g/mol. The topological polar surface area (TPSA) is 148 Å². The fourth-order valence-corrected chi connectivity index (χ4v) is 4.99. The molecule has 11 nitrogen and oxygen atoms in total. The van der Waals surface area contributed by atoms with E-state index in [9.17, 15) is 20.2 Å². The molecule has 0 fully saturated rings. The van der Waals surface area contributed by atoms with Gasteiger partial charge in [-0.3, -0.25) is 20.2 Å². The molecule has 0 radical (unpaired) electrons. The maximum absolute atomic E-state index is 11.1. The molecular formula is C21H15N7O4S2. The Morgan fingerprint density at radius 2 is 1.21 bits per heavy atom. The second-order valence-corrected chi connectivity index (χ2v) is 9.15. The zero-order valence-corrected chi connectivity index (χ0v) is 18.8. The first kappa shape index (κ1) is 21.5. The summed E-state index contributed by atoms with van der Waals surface area (Å²) in [5.41, 5.74) is 1.83. The van der Waals surface area contributed by atoms with Crippen LogP contribution < -0.4 is 16.0 Å². The monoisotopic (exact) mass is 493 g/mol. The van der Waals surface area contributed by atoms with Gasteiger partial charge in [0.2, 0.25) is 0 Å². The Bertz CT molecular complexity index is 1430. The van der Waals surface area contributed by atoms with Crippen LogP contribution in [0.4, 0.5) is 27.3 Å². The van der Waals surface area contributed by atoms with Gasteiger partial charge in [0, 0.05) is 30.0 Å². The number of anilines is 3. The van der Waals surface area contributed by atoms with Crippen molar-refractivity contribution < 1.29 is 9.85 Å². The number of nitrogens with one attached hydrogen (secondary N) is 3. The minimum Gasteiger partial charge on any atom is -0.348 e. The first-order chi connectivity index (χ1) is 16.4. The second kappa shape index (κ2) is 8.88. The molecule has 34 heavy (non-hydrogen) atoms. The maximum atomic E-state index is 11.1. The second-order valence-electron chi connectivity index (χ2n) is 7.09. The zero-order chi connectivity index (χ0) is 23.7. The number of nitro benzene ring substituents is 2. The summed E-state index contributed by atoms with van der Waals surface area (Å²) in [6.07, 6.45) is -0.548. The van der Waals surface area contributed by atoms with Crippen LogP contribution in [-0.2, 0) is 0 Å². The van der Waals surface area contributed by atoms with E-state index in [-0.39, 0.29) is 11.4 Å². The molecule has 0 atom stereocenters. The van der Waals surface area contributed by atoms with Crippen molar-refractivity contribution in [3.63, 3.8) is 0 Å². The highest BCUT2D eigenvalue weighted by molar-refractivity contribution is 7.22. The number of nitrogens with zero attached hydrogens (tertiary/aromatic N) is 4. The summed E-state index contributed by atoms with van der Waals surface area (Å²) >= 11 is 2.72. The van der Waals surface area contributed by atoms with Gasteiger partial charge >= 0.3 is 0 Å². The Labute approximate surface area is 199 Å². The molecule has 0 amide bonds. The highest BCUT2D eigenvalue weighted by Gasteiger charge is 2.16. The van der Waals surface area contributed by atoms with E-state index >= 15 is 0 Å². The first-order valence-electron chi connectivity index (χ1n) is 9.89. The molecule has 2 aromatic heterocycles. The van der Waals surface area contributed by atoms with E-state index in [1.54, 1.807) is 12.1 Å². The molecule has 0 aliphatic rings. The Balaban J connectivity index is 1.43. The minimum atomic E-state index is -0.548. The Morgan fingerprint density at radius 1 is 0.706 bits per heavy atom. The zero-order valence-electron chi connectivity index (χ0n) is 17.2. The molecule has 13 heteroatoms. The van der Waals surface area contributed by atoms with E-state index in [2.05, 4.69) is 25.9 Å². The van der Waals surface area contributed by atoms with E-state index in [0.717, 1.165) is 15.1 Å². The molecule has 3 N–H and O–H groups in total. The summed E-state index contributed by atoms with van der Waals surface area (Å²) < 4.78 is 1.61. The molecule has 3 aromatic carbocycles. The van der Waals surface area contributed by atoms with Crippen molar-refractivity contribution in [1.82, 2.24) is 9.97 Å². The van der Waals surface area contributed by atoms with Gasteiger partial charge in [-0.2, -0.15) is 0 Å². The number of hydrogen-bond acceptors (Lipinski definition) is 11. The first-order valence-corrected chi connectivity index (χ1v) is 11.5. The third kappa shape index (κ3) is 4.55. The van der Waals surface area contributed by atoms with Crippen molar-refractivity contribution in [2.45, 2.75) is 6.29 Å². The molecule has 0 saturated heterocycles. The molecule has 0 saturated carbocycles. The molecule has 5 aromatic rings. The van der Waals surface area contributed by atoms with Gasteiger partial charge < -0.3 is 16.0 Å². The van der Waals surface area contributed by atoms with E-state index in [0.29, 0.717) is 21.3 Å². The van der Waals surface area contributed by atoms with Gasteiger partial charge in [0.25, 0.3) is 11.4 Å². The third-order valence-electron chi connectivity index (χ3n) is 4.78. The lowest BCUT2D eigenvalue weighted by Gasteiger charge is -2.21. The number of benzene rings is 3. The van der Waals surface area contributed by atoms with Gasteiger partial charge in [0.15, 0.2) is 16.6 Å². The maximum Gasteiger partial charge on any atom is 0.271 e. The van der Waals surface area contributed by atoms with Crippen LogP contribution in [-0.4, -0.2) is 26.1 Å². The lowest BCUT2D eigenvalue weighted by atomic mass is 10.3. The van der Waals surface area contributed by atoms with Crippen molar-refractivity contribution in [2.75, 3.05) is 16.0 Å². The summed E-state index contributed by atoms with van der Waals surface area (Å²) in [5, 5.41) is 33.1. The highest BCUT2D eigenvalue weighted by Crippen LogP contribution is 2.31. The standard InChI is InChI=1S/C21H15N7O4S2/c29-27(30)13-6-8-17-15(10-13)23-20(33-17)25-19(22-12-4-2-1-3-5-12)26-21-24-16-11-14(28(31)32)7-9-18(16)34-21/h1-11,19,22H,(H,23,25)(H,24,26). The summed E-state index contributed by atoms with van der Waals surface area (Å²) in [5.74, 6) is 0. The third-order valence-corrected chi connectivity index (χ3v) is 6.72. The molecule has 0 aliphatic carbocycles. The van der Waals surface area contributed by atoms with E-state index < -0.39 is 16.1 Å². The molecule has 0 aliphatic heterocycles. The van der Waals surface area contributed by atoms with Crippen LogP contribution in [0.1, 0.15) is 0 Å². The van der Waals surface area contributed by atoms with Crippen molar-refractivity contribution in [3.8, 4) is 0 Å². The molecule has 0 unspecified atom stereocenters. The lowest BCUT2D eigenvalue weighted by Crippen LogP contribution is -2.36. The number of rotatable bonds is 8. The van der Waals surface area contributed by atoms with Gasteiger partial charge in [-0.05, 0) is 24.3 Å². The Hall–Kier alpha value is -4.36. The van der Waals surface area contributed by atoms with Gasteiger partial charge in [-0.1, -0.05) is 40.9 Å².